The molecule has 0 unspecified atom stereocenters. The van der Waals surface area contributed by atoms with Gasteiger partial charge >= 0.3 is 0 Å². The lowest BCUT2D eigenvalue weighted by Gasteiger charge is -2.38. The zero-order valence-electron chi connectivity index (χ0n) is 21.5. The molecule has 7 nitrogen and oxygen atoms in total. The van der Waals surface area contributed by atoms with Gasteiger partial charge in [-0.15, -0.1) is 0 Å². The summed E-state index contributed by atoms with van der Waals surface area (Å²) >= 11 is 3.44. The number of methoxy groups -OCH3 is 1. The second kappa shape index (κ2) is 12.1. The normalized spacial score (nSPS) is 13.3. The first-order valence-corrected chi connectivity index (χ1v) is 13.4. The molecule has 1 fully saturated rings. The number of hydrogen-bond acceptors (Lipinski definition) is 5. The summed E-state index contributed by atoms with van der Waals surface area (Å²) in [5.74, 6) is 0.592. The van der Waals surface area contributed by atoms with E-state index in [-0.39, 0.29) is 11.8 Å². The Morgan fingerprint density at radius 2 is 1.49 bits per heavy atom. The lowest BCUT2D eigenvalue weighted by atomic mass is 10.1. The third kappa shape index (κ3) is 5.91. The van der Waals surface area contributed by atoms with Gasteiger partial charge in [0.2, 0.25) is 0 Å². The van der Waals surface area contributed by atoms with E-state index < -0.39 is 0 Å². The van der Waals surface area contributed by atoms with Crippen LogP contribution in [0.15, 0.2) is 71.2 Å². The summed E-state index contributed by atoms with van der Waals surface area (Å²) in [6.45, 7) is 8.32. The number of halogens is 1. The third-order valence-corrected chi connectivity index (χ3v) is 7.39. The van der Waals surface area contributed by atoms with Gasteiger partial charge < -0.3 is 24.8 Å². The molecule has 0 aromatic heterocycles. The number of nitrogens with one attached hydrogen (secondary N) is 1. The number of anilines is 3. The largest absolute Gasteiger partial charge is 0.495 e. The number of para-hydroxylation sites is 2. The summed E-state index contributed by atoms with van der Waals surface area (Å²) in [6, 6.07) is 20.9. The summed E-state index contributed by atoms with van der Waals surface area (Å²) in [5.41, 5.74) is 3.69. The van der Waals surface area contributed by atoms with Crippen LogP contribution < -0.4 is 19.9 Å². The molecule has 0 atom stereocenters. The van der Waals surface area contributed by atoms with Crippen LogP contribution in [0, 0.1) is 0 Å². The van der Waals surface area contributed by atoms with Crippen molar-refractivity contribution in [3.05, 3.63) is 82.3 Å². The SMILES string of the molecule is CCN(CC)C(=O)c1cc(NC(=O)c2ccccc2Br)ccc1N1CCN(c2ccccc2OC)CC1. The maximum atomic E-state index is 13.6. The molecular formula is C29H33BrN4O3. The highest BCUT2D eigenvalue weighted by atomic mass is 79.9. The van der Waals surface area contributed by atoms with Crippen molar-refractivity contribution in [1.82, 2.24) is 4.90 Å². The van der Waals surface area contributed by atoms with Gasteiger partial charge in [0.1, 0.15) is 5.75 Å². The number of hydrogen-bond donors (Lipinski definition) is 1. The Bertz CT molecular complexity index is 1250. The molecule has 3 aromatic carbocycles. The number of piperazine rings is 1. The van der Waals surface area contributed by atoms with Gasteiger partial charge in [-0.25, -0.2) is 0 Å². The molecule has 37 heavy (non-hydrogen) atoms. The average Bonchev–Trinajstić information content (AvgIpc) is 2.94. The Kier molecular flexibility index (Phi) is 8.71. The Morgan fingerprint density at radius 1 is 0.865 bits per heavy atom. The zero-order valence-corrected chi connectivity index (χ0v) is 23.1. The molecule has 194 valence electrons. The summed E-state index contributed by atoms with van der Waals surface area (Å²) < 4.78 is 6.27. The molecule has 1 heterocycles. The number of carbonyl (C=O) groups is 2. The summed E-state index contributed by atoms with van der Waals surface area (Å²) in [4.78, 5) is 32.8. The fourth-order valence-corrected chi connectivity index (χ4v) is 5.13. The van der Waals surface area contributed by atoms with Gasteiger partial charge in [0.15, 0.2) is 0 Å². The minimum atomic E-state index is -0.230. The van der Waals surface area contributed by atoms with Gasteiger partial charge in [-0.1, -0.05) is 24.3 Å². The Labute approximate surface area is 227 Å². The number of benzene rings is 3. The van der Waals surface area contributed by atoms with Gasteiger partial charge in [-0.05, 0) is 72.2 Å². The third-order valence-electron chi connectivity index (χ3n) is 6.70. The monoisotopic (exact) mass is 564 g/mol. The maximum Gasteiger partial charge on any atom is 0.256 e. The Balaban J connectivity index is 1.59. The van der Waals surface area contributed by atoms with E-state index in [0.717, 1.165) is 47.8 Å². The first-order valence-electron chi connectivity index (χ1n) is 12.6. The molecule has 2 amide bonds. The van der Waals surface area contributed by atoms with Gasteiger partial charge in [0.05, 0.1) is 23.9 Å². The smallest absolute Gasteiger partial charge is 0.256 e. The van der Waals surface area contributed by atoms with Crippen molar-refractivity contribution in [2.24, 2.45) is 0 Å². The highest BCUT2D eigenvalue weighted by Gasteiger charge is 2.25. The van der Waals surface area contributed by atoms with E-state index in [9.17, 15) is 9.59 Å². The molecule has 1 aliphatic heterocycles. The van der Waals surface area contributed by atoms with Crippen LogP contribution in [-0.2, 0) is 0 Å². The predicted octanol–water partition coefficient (Wildman–Crippen LogP) is 5.52. The van der Waals surface area contributed by atoms with Crippen molar-refractivity contribution in [2.75, 3.05) is 61.5 Å². The summed E-state index contributed by atoms with van der Waals surface area (Å²) in [5, 5.41) is 2.96. The zero-order chi connectivity index (χ0) is 26.4. The highest BCUT2D eigenvalue weighted by molar-refractivity contribution is 9.10. The topological polar surface area (TPSA) is 65.1 Å². The lowest BCUT2D eigenvalue weighted by molar-refractivity contribution is 0.0773. The van der Waals surface area contributed by atoms with Gasteiger partial charge in [0.25, 0.3) is 11.8 Å². The predicted molar refractivity (Wildman–Crippen MR) is 153 cm³/mol. The molecule has 0 bridgehead atoms. The molecular weight excluding hydrogens is 532 g/mol. The van der Waals surface area contributed by atoms with E-state index >= 15 is 0 Å². The molecule has 1 saturated heterocycles. The van der Waals surface area contributed by atoms with Gasteiger partial charge in [0, 0.05) is 55.1 Å². The number of ether oxygens (including phenoxy) is 1. The van der Waals surface area contributed by atoms with Crippen LogP contribution >= 0.6 is 15.9 Å². The minimum Gasteiger partial charge on any atom is -0.495 e. The van der Waals surface area contributed by atoms with E-state index in [4.69, 9.17) is 4.74 Å². The molecule has 8 heteroatoms. The number of nitrogens with zero attached hydrogens (tertiary/aromatic N) is 3. The van der Waals surface area contributed by atoms with Crippen molar-refractivity contribution in [3.63, 3.8) is 0 Å². The Hall–Kier alpha value is -3.52. The molecule has 0 aliphatic carbocycles. The van der Waals surface area contributed by atoms with Crippen molar-refractivity contribution >= 4 is 44.8 Å². The highest BCUT2D eigenvalue weighted by Crippen LogP contribution is 2.31. The second-order valence-electron chi connectivity index (χ2n) is 8.79. The van der Waals surface area contributed by atoms with Crippen molar-refractivity contribution in [2.45, 2.75) is 13.8 Å². The molecule has 4 rings (SSSR count). The maximum absolute atomic E-state index is 13.6. The molecule has 0 saturated carbocycles. The van der Waals surface area contributed by atoms with Crippen LogP contribution in [0.1, 0.15) is 34.6 Å². The number of amides is 2. The lowest BCUT2D eigenvalue weighted by Crippen LogP contribution is -2.47. The van der Waals surface area contributed by atoms with E-state index in [1.54, 1.807) is 19.2 Å². The molecule has 3 aromatic rings. The number of carbonyl (C=O) groups excluding carboxylic acids is 2. The first kappa shape index (κ1) is 26.5. The first-order chi connectivity index (χ1) is 18.0. The van der Waals surface area contributed by atoms with E-state index in [1.165, 1.54) is 0 Å². The van der Waals surface area contributed by atoms with Crippen LogP contribution in [0.3, 0.4) is 0 Å². The van der Waals surface area contributed by atoms with E-state index in [2.05, 4.69) is 37.1 Å². The van der Waals surface area contributed by atoms with E-state index in [1.807, 2.05) is 67.3 Å². The number of rotatable bonds is 8. The van der Waals surface area contributed by atoms with Crippen molar-refractivity contribution < 1.29 is 14.3 Å². The molecule has 1 N–H and O–H groups in total. The molecule has 1 aliphatic rings. The quantitative estimate of drug-likeness (QED) is 0.390. The van der Waals surface area contributed by atoms with Crippen LogP contribution in [0.5, 0.6) is 5.75 Å². The van der Waals surface area contributed by atoms with Crippen LogP contribution in [0.4, 0.5) is 17.1 Å². The second-order valence-corrected chi connectivity index (χ2v) is 9.64. The standard InChI is InChI=1S/C29H33BrN4O3/c1-4-32(5-2)29(36)23-20-21(31-28(35)22-10-6-7-11-24(22)30)14-15-25(23)33-16-18-34(19-17-33)26-12-8-9-13-27(26)37-3/h6-15,20H,4-5,16-19H2,1-3H3,(H,31,35). The van der Waals surface area contributed by atoms with Gasteiger partial charge in [-0.3, -0.25) is 9.59 Å². The fourth-order valence-electron chi connectivity index (χ4n) is 4.67. The average molecular weight is 566 g/mol. The summed E-state index contributed by atoms with van der Waals surface area (Å²) in [7, 11) is 1.69. The minimum absolute atomic E-state index is 0.0378. The summed E-state index contributed by atoms with van der Waals surface area (Å²) in [6.07, 6.45) is 0. The van der Waals surface area contributed by atoms with E-state index in [0.29, 0.717) is 29.9 Å². The van der Waals surface area contributed by atoms with Crippen LogP contribution in [0.25, 0.3) is 0 Å². The van der Waals surface area contributed by atoms with Crippen molar-refractivity contribution in [3.8, 4) is 5.75 Å². The Morgan fingerprint density at radius 3 is 2.14 bits per heavy atom. The van der Waals surface area contributed by atoms with Crippen molar-refractivity contribution in [1.29, 1.82) is 0 Å². The van der Waals surface area contributed by atoms with Crippen LogP contribution in [-0.4, -0.2) is 63.1 Å². The van der Waals surface area contributed by atoms with Crippen LogP contribution in [0.2, 0.25) is 0 Å². The molecule has 0 spiro atoms. The van der Waals surface area contributed by atoms with Gasteiger partial charge in [-0.2, -0.15) is 0 Å². The molecule has 0 radical (unpaired) electrons. The fraction of sp³-hybridized carbons (Fsp3) is 0.310.